The molecule has 1 N–H and O–H groups in total. The van der Waals surface area contributed by atoms with E-state index >= 15 is 0 Å². The summed E-state index contributed by atoms with van der Waals surface area (Å²) < 4.78 is 0.810. The van der Waals surface area contributed by atoms with Crippen LogP contribution in [0.3, 0.4) is 0 Å². The molecular weight excluding hydrogens is 228 g/mol. The van der Waals surface area contributed by atoms with Gasteiger partial charge in [0.25, 0.3) is 0 Å². The molecule has 3 rings (SSSR count). The normalized spacial score (nSPS) is 15.5. The fraction of sp³-hybridized carbons (Fsp3) is 0.300. The molecule has 16 heavy (non-hydrogen) atoms. The van der Waals surface area contributed by atoms with Crippen LogP contribution in [-0.4, -0.2) is 15.0 Å². The molecule has 1 saturated carbocycles. The lowest BCUT2D eigenvalue weighted by molar-refractivity contribution is -0.385. The highest BCUT2D eigenvalue weighted by atomic mass is 32.1. The highest BCUT2D eigenvalue weighted by molar-refractivity contribution is 7.18. The Kier molecular flexibility index (Phi) is 1.88. The van der Waals surface area contributed by atoms with E-state index < -0.39 is 4.92 Å². The van der Waals surface area contributed by atoms with Gasteiger partial charge in [-0.2, -0.15) is 0 Å². The van der Waals surface area contributed by atoms with Crippen LogP contribution in [-0.2, 0) is 0 Å². The third-order valence-electron chi connectivity index (χ3n) is 2.62. The third kappa shape index (κ3) is 1.42. The minimum Gasteiger partial charge on any atom is -0.502 e. The number of nitro benzene ring substituents is 1. The molecule has 1 aliphatic carbocycles. The minimum atomic E-state index is -0.592. The quantitative estimate of drug-likeness (QED) is 0.642. The fourth-order valence-corrected chi connectivity index (χ4v) is 2.77. The Labute approximate surface area is 94.5 Å². The van der Waals surface area contributed by atoms with Crippen molar-refractivity contribution in [3.63, 3.8) is 0 Å². The second-order valence-corrected chi connectivity index (χ2v) is 4.95. The molecule has 1 fully saturated rings. The molecule has 1 heterocycles. The van der Waals surface area contributed by atoms with Crippen LogP contribution >= 0.6 is 11.3 Å². The molecule has 0 atom stereocenters. The minimum absolute atomic E-state index is 0.278. The molecule has 0 spiro atoms. The van der Waals surface area contributed by atoms with Gasteiger partial charge < -0.3 is 5.11 Å². The summed E-state index contributed by atoms with van der Waals surface area (Å²) in [5, 5.41) is 21.1. The zero-order valence-electron chi connectivity index (χ0n) is 8.21. The summed E-state index contributed by atoms with van der Waals surface area (Å²) in [7, 11) is 0. The van der Waals surface area contributed by atoms with Crippen molar-refractivity contribution in [3.05, 3.63) is 27.3 Å². The molecule has 0 unspecified atom stereocenters. The Morgan fingerprint density at radius 1 is 1.50 bits per heavy atom. The zero-order valence-corrected chi connectivity index (χ0v) is 9.03. The van der Waals surface area contributed by atoms with Gasteiger partial charge in [-0.25, -0.2) is 4.98 Å². The zero-order chi connectivity index (χ0) is 11.3. The van der Waals surface area contributed by atoms with Gasteiger partial charge in [0.05, 0.1) is 20.1 Å². The molecule has 0 bridgehead atoms. The van der Waals surface area contributed by atoms with E-state index in [0.29, 0.717) is 11.4 Å². The smallest absolute Gasteiger partial charge is 0.312 e. The van der Waals surface area contributed by atoms with Crippen LogP contribution in [0.15, 0.2) is 12.1 Å². The van der Waals surface area contributed by atoms with Crippen molar-refractivity contribution in [2.45, 2.75) is 18.8 Å². The summed E-state index contributed by atoms with van der Waals surface area (Å²) in [6, 6.07) is 2.77. The monoisotopic (exact) mass is 236 g/mol. The van der Waals surface area contributed by atoms with Crippen LogP contribution in [0.25, 0.3) is 10.2 Å². The Bertz CT molecular complexity index is 589. The first-order chi connectivity index (χ1) is 7.65. The van der Waals surface area contributed by atoms with Gasteiger partial charge >= 0.3 is 5.69 Å². The van der Waals surface area contributed by atoms with Crippen molar-refractivity contribution in [1.82, 2.24) is 4.98 Å². The summed E-state index contributed by atoms with van der Waals surface area (Å²) in [4.78, 5) is 14.4. The van der Waals surface area contributed by atoms with E-state index in [1.54, 1.807) is 0 Å². The van der Waals surface area contributed by atoms with Crippen LogP contribution < -0.4 is 0 Å². The van der Waals surface area contributed by atoms with Gasteiger partial charge in [0, 0.05) is 18.1 Å². The number of aromatic nitrogens is 1. The molecule has 2 aromatic rings. The van der Waals surface area contributed by atoms with Gasteiger partial charge in [-0.05, 0) is 12.8 Å². The molecule has 82 valence electrons. The predicted molar refractivity (Wildman–Crippen MR) is 59.9 cm³/mol. The molecule has 6 heteroatoms. The third-order valence-corrected chi connectivity index (χ3v) is 3.81. The van der Waals surface area contributed by atoms with Gasteiger partial charge in [0.15, 0.2) is 5.75 Å². The number of hydrogen-bond donors (Lipinski definition) is 1. The maximum absolute atomic E-state index is 10.6. The highest BCUT2D eigenvalue weighted by Gasteiger charge is 2.27. The van der Waals surface area contributed by atoms with E-state index in [4.69, 9.17) is 0 Å². The van der Waals surface area contributed by atoms with Gasteiger partial charge in [0.1, 0.15) is 0 Å². The first-order valence-electron chi connectivity index (χ1n) is 4.93. The number of nitrogens with zero attached hydrogens (tertiary/aromatic N) is 2. The molecule has 0 saturated heterocycles. The summed E-state index contributed by atoms with van der Waals surface area (Å²) in [6.45, 7) is 0. The van der Waals surface area contributed by atoms with Crippen LogP contribution in [0.4, 0.5) is 5.69 Å². The first-order valence-corrected chi connectivity index (χ1v) is 5.74. The van der Waals surface area contributed by atoms with Crippen LogP contribution in [0.2, 0.25) is 0 Å². The number of benzene rings is 1. The molecule has 0 aliphatic heterocycles. The summed E-state index contributed by atoms with van der Waals surface area (Å²) in [6.07, 6.45) is 2.29. The van der Waals surface area contributed by atoms with Crippen molar-refractivity contribution < 1.29 is 10.0 Å². The van der Waals surface area contributed by atoms with Gasteiger partial charge in [-0.3, -0.25) is 10.1 Å². The molecule has 0 amide bonds. The second kappa shape index (κ2) is 3.15. The summed E-state index contributed by atoms with van der Waals surface area (Å²) in [5.74, 6) is 0.238. The van der Waals surface area contributed by atoms with Crippen LogP contribution in [0.1, 0.15) is 23.8 Å². The van der Waals surface area contributed by atoms with Crippen molar-refractivity contribution in [3.8, 4) is 5.75 Å². The van der Waals surface area contributed by atoms with Crippen LogP contribution in [0.5, 0.6) is 5.75 Å². The van der Waals surface area contributed by atoms with Gasteiger partial charge in [0.2, 0.25) is 0 Å². The van der Waals surface area contributed by atoms with E-state index in [1.165, 1.54) is 23.5 Å². The fourth-order valence-electron chi connectivity index (χ4n) is 1.62. The Balaban J connectivity index is 2.19. The van der Waals surface area contributed by atoms with E-state index in [-0.39, 0.29) is 11.4 Å². The van der Waals surface area contributed by atoms with E-state index in [0.717, 1.165) is 22.5 Å². The molecule has 1 aromatic heterocycles. The van der Waals surface area contributed by atoms with Gasteiger partial charge in [-0.15, -0.1) is 11.3 Å². The molecule has 1 aromatic carbocycles. The predicted octanol–water partition coefficient (Wildman–Crippen LogP) is 2.79. The topological polar surface area (TPSA) is 76.3 Å². The SMILES string of the molecule is O=[N+]([O-])c1cc2nc(C3CC3)sc2cc1O. The largest absolute Gasteiger partial charge is 0.502 e. The molecular formula is C10H8N2O3S. The maximum Gasteiger partial charge on any atom is 0.312 e. The number of fused-ring (bicyclic) bond motifs is 1. The highest BCUT2D eigenvalue weighted by Crippen LogP contribution is 2.44. The first kappa shape index (κ1) is 9.53. The van der Waals surface area contributed by atoms with Crippen molar-refractivity contribution in [1.29, 1.82) is 0 Å². The van der Waals surface area contributed by atoms with E-state index in [1.807, 2.05) is 0 Å². The Morgan fingerprint density at radius 2 is 2.25 bits per heavy atom. The van der Waals surface area contributed by atoms with Crippen LogP contribution in [0, 0.1) is 10.1 Å². The average Bonchev–Trinajstić information content (AvgIpc) is 2.98. The molecule has 1 aliphatic rings. The van der Waals surface area contributed by atoms with Crippen molar-refractivity contribution in [2.75, 3.05) is 0 Å². The number of hydrogen-bond acceptors (Lipinski definition) is 5. The number of aromatic hydroxyl groups is 1. The van der Waals surface area contributed by atoms with Gasteiger partial charge in [-0.1, -0.05) is 0 Å². The lowest BCUT2D eigenvalue weighted by Crippen LogP contribution is -1.88. The van der Waals surface area contributed by atoms with E-state index in [9.17, 15) is 15.2 Å². The number of phenolic OH excluding ortho intramolecular Hbond substituents is 1. The number of nitro groups is 1. The number of rotatable bonds is 2. The average molecular weight is 236 g/mol. The number of phenols is 1. The standard InChI is InChI=1S/C10H8N2O3S/c13-8-4-9-6(3-7(8)12(14)15)11-10(16-9)5-1-2-5/h3-5,13H,1-2H2. The molecule has 0 radical (unpaired) electrons. The van der Waals surface area contributed by atoms with Crippen molar-refractivity contribution >= 4 is 27.2 Å². The molecule has 5 nitrogen and oxygen atoms in total. The lowest BCUT2D eigenvalue weighted by atomic mass is 10.3. The Morgan fingerprint density at radius 3 is 2.88 bits per heavy atom. The number of thiazole rings is 1. The van der Waals surface area contributed by atoms with E-state index in [2.05, 4.69) is 4.98 Å². The Hall–Kier alpha value is -1.69. The lowest BCUT2D eigenvalue weighted by Gasteiger charge is -1.94. The summed E-state index contributed by atoms with van der Waals surface area (Å²) >= 11 is 1.51. The van der Waals surface area contributed by atoms with Crippen molar-refractivity contribution in [2.24, 2.45) is 0 Å². The summed E-state index contributed by atoms with van der Waals surface area (Å²) in [5.41, 5.74) is 0.330. The maximum atomic E-state index is 10.6. The second-order valence-electron chi connectivity index (χ2n) is 3.89.